The SMILES string of the molecule is CN1CCC[C@@H]2C3=CC=C4C[C@H](O)CC[C@]4(C)[C@H]3CC[C@]21C. The highest BCUT2D eigenvalue weighted by Crippen LogP contribution is 2.59. The van der Waals surface area contributed by atoms with Gasteiger partial charge in [0.25, 0.3) is 0 Å². The smallest absolute Gasteiger partial charge is 0.0578 e. The van der Waals surface area contributed by atoms with Gasteiger partial charge in [-0.3, -0.25) is 0 Å². The molecular formula is C20H31NO. The van der Waals surface area contributed by atoms with Crippen molar-refractivity contribution >= 4 is 0 Å². The molecule has 2 saturated carbocycles. The summed E-state index contributed by atoms with van der Waals surface area (Å²) >= 11 is 0. The lowest BCUT2D eigenvalue weighted by Gasteiger charge is -2.59. The lowest BCUT2D eigenvalue weighted by Crippen LogP contribution is -2.58. The summed E-state index contributed by atoms with van der Waals surface area (Å²) in [6.07, 6.45) is 13.2. The van der Waals surface area contributed by atoms with Crippen LogP contribution in [0.4, 0.5) is 0 Å². The third-order valence-electron chi connectivity index (χ3n) is 7.79. The van der Waals surface area contributed by atoms with Gasteiger partial charge < -0.3 is 10.0 Å². The molecule has 5 atom stereocenters. The molecule has 0 aromatic rings. The number of rotatable bonds is 0. The fourth-order valence-corrected chi connectivity index (χ4v) is 6.09. The lowest BCUT2D eigenvalue weighted by atomic mass is 9.51. The third kappa shape index (κ3) is 1.93. The van der Waals surface area contributed by atoms with Crippen molar-refractivity contribution in [2.45, 2.75) is 70.4 Å². The molecule has 0 unspecified atom stereocenters. The van der Waals surface area contributed by atoms with E-state index in [4.69, 9.17) is 0 Å². The quantitative estimate of drug-likeness (QED) is 0.733. The van der Waals surface area contributed by atoms with Crippen LogP contribution in [0.1, 0.15) is 58.8 Å². The maximum Gasteiger partial charge on any atom is 0.0578 e. The summed E-state index contributed by atoms with van der Waals surface area (Å²) in [7, 11) is 2.33. The van der Waals surface area contributed by atoms with Crippen molar-refractivity contribution in [1.82, 2.24) is 4.90 Å². The van der Waals surface area contributed by atoms with Crippen molar-refractivity contribution in [2.24, 2.45) is 17.3 Å². The molecular weight excluding hydrogens is 270 g/mol. The van der Waals surface area contributed by atoms with Crippen molar-refractivity contribution < 1.29 is 5.11 Å². The Bertz CT molecular complexity index is 536. The van der Waals surface area contributed by atoms with Crippen LogP contribution in [0.15, 0.2) is 23.3 Å². The summed E-state index contributed by atoms with van der Waals surface area (Å²) in [5, 5.41) is 10.1. The molecule has 2 nitrogen and oxygen atoms in total. The molecule has 1 N–H and O–H groups in total. The highest BCUT2D eigenvalue weighted by atomic mass is 16.3. The summed E-state index contributed by atoms with van der Waals surface area (Å²) in [6, 6.07) is 0. The second-order valence-electron chi connectivity index (χ2n) is 8.74. The molecule has 0 spiro atoms. The summed E-state index contributed by atoms with van der Waals surface area (Å²) in [5.74, 6) is 1.47. The van der Waals surface area contributed by atoms with E-state index in [0.717, 1.165) is 24.7 Å². The van der Waals surface area contributed by atoms with Gasteiger partial charge in [0, 0.05) is 5.54 Å². The van der Waals surface area contributed by atoms with Gasteiger partial charge >= 0.3 is 0 Å². The molecule has 22 heavy (non-hydrogen) atoms. The first-order chi connectivity index (χ1) is 10.4. The van der Waals surface area contributed by atoms with E-state index in [0.29, 0.717) is 11.0 Å². The van der Waals surface area contributed by atoms with Crippen LogP contribution in [-0.2, 0) is 0 Å². The van der Waals surface area contributed by atoms with E-state index in [2.05, 4.69) is 37.9 Å². The van der Waals surface area contributed by atoms with Gasteiger partial charge in [-0.05, 0) is 82.7 Å². The van der Waals surface area contributed by atoms with Crippen LogP contribution >= 0.6 is 0 Å². The minimum Gasteiger partial charge on any atom is -0.393 e. The fourth-order valence-electron chi connectivity index (χ4n) is 6.09. The molecule has 0 aromatic heterocycles. The Balaban J connectivity index is 1.73. The Kier molecular flexibility index (Phi) is 3.36. The summed E-state index contributed by atoms with van der Waals surface area (Å²) in [4.78, 5) is 2.63. The highest BCUT2D eigenvalue weighted by Gasteiger charge is 2.53. The molecule has 3 fully saturated rings. The molecule has 0 amide bonds. The first-order valence-electron chi connectivity index (χ1n) is 9.25. The zero-order chi connectivity index (χ0) is 15.5. The molecule has 1 aliphatic heterocycles. The van der Waals surface area contributed by atoms with Crippen LogP contribution < -0.4 is 0 Å². The molecule has 0 aromatic carbocycles. The zero-order valence-electron chi connectivity index (χ0n) is 14.4. The van der Waals surface area contributed by atoms with Crippen LogP contribution in [0.5, 0.6) is 0 Å². The first kappa shape index (κ1) is 15.0. The number of fused-ring (bicyclic) bond motifs is 5. The van der Waals surface area contributed by atoms with Crippen molar-refractivity contribution in [3.63, 3.8) is 0 Å². The standard InChI is InChI=1S/C20H31NO/c1-19-10-8-15(22)13-14(19)6-7-16-17(19)9-11-20(2)18(16)5-4-12-21(20)3/h6-7,15,17-18,22H,4-5,8-13H2,1-3H3/t15-,17+,18-,19+,20-/m1/s1. The minimum absolute atomic E-state index is 0.107. The number of allylic oxidation sites excluding steroid dienone is 2. The fraction of sp³-hybridized carbons (Fsp3) is 0.800. The van der Waals surface area contributed by atoms with Crippen LogP contribution in [0.25, 0.3) is 0 Å². The summed E-state index contributed by atoms with van der Waals surface area (Å²) in [6.45, 7) is 6.24. The average molecular weight is 301 g/mol. The van der Waals surface area contributed by atoms with Crippen LogP contribution in [-0.4, -0.2) is 35.2 Å². The van der Waals surface area contributed by atoms with Gasteiger partial charge in [0.05, 0.1) is 6.10 Å². The van der Waals surface area contributed by atoms with Crippen molar-refractivity contribution in [3.8, 4) is 0 Å². The third-order valence-corrected chi connectivity index (χ3v) is 7.79. The Morgan fingerprint density at radius 2 is 1.91 bits per heavy atom. The van der Waals surface area contributed by atoms with Gasteiger partial charge in [-0.15, -0.1) is 0 Å². The number of likely N-dealkylation sites (tertiary alicyclic amines) is 1. The van der Waals surface area contributed by atoms with Gasteiger partial charge in [0.1, 0.15) is 0 Å². The average Bonchev–Trinajstić information content (AvgIpc) is 2.49. The van der Waals surface area contributed by atoms with Gasteiger partial charge in [-0.2, -0.15) is 0 Å². The normalized spacial score (nSPS) is 48.6. The topological polar surface area (TPSA) is 23.5 Å². The Morgan fingerprint density at radius 3 is 2.73 bits per heavy atom. The zero-order valence-corrected chi connectivity index (χ0v) is 14.4. The second-order valence-corrected chi connectivity index (χ2v) is 8.74. The lowest BCUT2D eigenvalue weighted by molar-refractivity contribution is -0.00981. The van der Waals surface area contributed by atoms with Gasteiger partial charge in [0.15, 0.2) is 0 Å². The number of hydrogen-bond donors (Lipinski definition) is 1. The monoisotopic (exact) mass is 301 g/mol. The molecule has 0 bridgehead atoms. The van der Waals surface area contributed by atoms with E-state index in [-0.39, 0.29) is 6.10 Å². The first-order valence-corrected chi connectivity index (χ1v) is 9.25. The van der Waals surface area contributed by atoms with E-state index in [1.165, 1.54) is 44.2 Å². The van der Waals surface area contributed by atoms with E-state index in [1.807, 2.05) is 0 Å². The minimum atomic E-state index is -0.107. The number of aliphatic hydroxyl groups excluding tert-OH is 1. The summed E-state index contributed by atoms with van der Waals surface area (Å²) < 4.78 is 0. The van der Waals surface area contributed by atoms with Crippen LogP contribution in [0.2, 0.25) is 0 Å². The van der Waals surface area contributed by atoms with Gasteiger partial charge in [-0.25, -0.2) is 0 Å². The molecule has 4 rings (SSSR count). The maximum atomic E-state index is 10.1. The Labute approximate surface area is 135 Å². The largest absolute Gasteiger partial charge is 0.393 e. The van der Waals surface area contributed by atoms with Crippen molar-refractivity contribution in [2.75, 3.05) is 13.6 Å². The highest BCUT2D eigenvalue weighted by molar-refractivity contribution is 5.39. The number of hydrogen-bond acceptors (Lipinski definition) is 2. The number of piperidine rings is 1. The predicted octanol–water partition coefficient (Wildman–Crippen LogP) is 3.91. The molecule has 2 heteroatoms. The number of nitrogens with zero attached hydrogens (tertiary/aromatic N) is 1. The van der Waals surface area contributed by atoms with Crippen LogP contribution in [0, 0.1) is 17.3 Å². The van der Waals surface area contributed by atoms with E-state index in [1.54, 1.807) is 5.57 Å². The predicted molar refractivity (Wildman–Crippen MR) is 90.6 cm³/mol. The Morgan fingerprint density at radius 1 is 1.09 bits per heavy atom. The molecule has 0 radical (unpaired) electrons. The van der Waals surface area contributed by atoms with E-state index < -0.39 is 0 Å². The Hall–Kier alpha value is -0.600. The van der Waals surface area contributed by atoms with E-state index >= 15 is 0 Å². The van der Waals surface area contributed by atoms with E-state index in [9.17, 15) is 5.11 Å². The maximum absolute atomic E-state index is 10.1. The van der Waals surface area contributed by atoms with Gasteiger partial charge in [0.2, 0.25) is 0 Å². The number of aliphatic hydroxyl groups is 1. The molecule has 1 heterocycles. The second kappa shape index (κ2) is 4.95. The summed E-state index contributed by atoms with van der Waals surface area (Å²) in [5.41, 5.74) is 3.95. The van der Waals surface area contributed by atoms with Crippen LogP contribution in [0.3, 0.4) is 0 Å². The van der Waals surface area contributed by atoms with Crippen molar-refractivity contribution in [1.29, 1.82) is 0 Å². The molecule has 3 aliphatic carbocycles. The molecule has 122 valence electrons. The molecule has 1 saturated heterocycles. The van der Waals surface area contributed by atoms with Crippen molar-refractivity contribution in [3.05, 3.63) is 23.3 Å². The van der Waals surface area contributed by atoms with Gasteiger partial charge in [-0.1, -0.05) is 30.2 Å². The molecule has 4 aliphatic rings.